The third-order valence-corrected chi connectivity index (χ3v) is 4.87. The standard InChI is InChI=1S/C14H21N3O3S/c1-9-11(14(19)20)4-5-17(9)7-10-8-21-12(15-10)6-13(18)16(2)3/h8-9,11H,4-7H2,1-3H3,(H,19,20). The lowest BCUT2D eigenvalue weighted by atomic mass is 10.0. The molecule has 0 radical (unpaired) electrons. The number of nitrogens with zero attached hydrogens (tertiary/aromatic N) is 3. The Morgan fingerprint density at radius 3 is 2.81 bits per heavy atom. The number of aliphatic carboxylic acids is 1. The zero-order chi connectivity index (χ0) is 15.6. The molecule has 116 valence electrons. The number of likely N-dealkylation sites (N-methyl/N-ethyl adjacent to an activating group) is 1. The molecule has 0 bridgehead atoms. The highest BCUT2D eigenvalue weighted by atomic mass is 32.1. The molecule has 1 amide bonds. The lowest BCUT2D eigenvalue weighted by Gasteiger charge is -2.21. The maximum absolute atomic E-state index is 11.7. The average molecular weight is 311 g/mol. The van der Waals surface area contributed by atoms with Gasteiger partial charge in [0.05, 0.1) is 18.0 Å². The summed E-state index contributed by atoms with van der Waals surface area (Å²) in [5.41, 5.74) is 0.916. The van der Waals surface area contributed by atoms with Crippen LogP contribution in [-0.2, 0) is 22.6 Å². The molecule has 1 aromatic heterocycles. The molecule has 2 unspecified atom stereocenters. The summed E-state index contributed by atoms with van der Waals surface area (Å²) in [6, 6.07) is 0.0241. The molecular weight excluding hydrogens is 290 g/mol. The Kier molecular flexibility index (Phi) is 4.95. The van der Waals surface area contributed by atoms with Gasteiger partial charge in [0, 0.05) is 32.1 Å². The van der Waals surface area contributed by atoms with Gasteiger partial charge in [-0.25, -0.2) is 4.98 Å². The van der Waals surface area contributed by atoms with Crippen molar-refractivity contribution in [2.24, 2.45) is 5.92 Å². The van der Waals surface area contributed by atoms with E-state index < -0.39 is 5.97 Å². The van der Waals surface area contributed by atoms with Crippen LogP contribution in [0.4, 0.5) is 0 Å². The molecule has 1 aliphatic rings. The van der Waals surface area contributed by atoms with Gasteiger partial charge < -0.3 is 10.0 Å². The van der Waals surface area contributed by atoms with E-state index in [1.807, 2.05) is 12.3 Å². The fraction of sp³-hybridized carbons (Fsp3) is 0.643. The van der Waals surface area contributed by atoms with Crippen molar-refractivity contribution in [1.82, 2.24) is 14.8 Å². The van der Waals surface area contributed by atoms with Crippen LogP contribution >= 0.6 is 11.3 Å². The summed E-state index contributed by atoms with van der Waals surface area (Å²) in [7, 11) is 3.46. The van der Waals surface area contributed by atoms with E-state index in [1.54, 1.807) is 19.0 Å². The number of thiazole rings is 1. The quantitative estimate of drug-likeness (QED) is 0.880. The predicted molar refractivity (Wildman–Crippen MR) is 80.1 cm³/mol. The lowest BCUT2D eigenvalue weighted by Crippen LogP contribution is -2.32. The van der Waals surface area contributed by atoms with Crippen LogP contribution in [0, 0.1) is 5.92 Å². The number of carbonyl (C=O) groups is 2. The van der Waals surface area contributed by atoms with Crippen LogP contribution < -0.4 is 0 Å². The molecule has 0 saturated carbocycles. The van der Waals surface area contributed by atoms with Gasteiger partial charge in [0.1, 0.15) is 5.01 Å². The zero-order valence-electron chi connectivity index (χ0n) is 12.6. The summed E-state index contributed by atoms with van der Waals surface area (Å²) >= 11 is 1.49. The SMILES string of the molecule is CC1C(C(=O)O)CCN1Cc1csc(CC(=O)N(C)C)n1. The normalized spacial score (nSPS) is 22.4. The Bertz CT molecular complexity index is 529. The molecule has 1 saturated heterocycles. The Balaban J connectivity index is 1.94. The second-order valence-corrected chi connectivity index (χ2v) is 6.58. The summed E-state index contributed by atoms with van der Waals surface area (Å²) < 4.78 is 0. The minimum Gasteiger partial charge on any atom is -0.481 e. The first-order chi connectivity index (χ1) is 9.88. The molecule has 2 heterocycles. The fourth-order valence-corrected chi connectivity index (χ4v) is 3.33. The number of aromatic nitrogens is 1. The van der Waals surface area contributed by atoms with Crippen molar-refractivity contribution in [3.63, 3.8) is 0 Å². The van der Waals surface area contributed by atoms with E-state index in [2.05, 4.69) is 9.88 Å². The van der Waals surface area contributed by atoms with Crippen LogP contribution in [-0.4, -0.2) is 58.4 Å². The second-order valence-electron chi connectivity index (χ2n) is 5.64. The van der Waals surface area contributed by atoms with Crippen LogP contribution in [0.15, 0.2) is 5.38 Å². The molecule has 2 atom stereocenters. The average Bonchev–Trinajstić information content (AvgIpc) is 2.98. The maximum atomic E-state index is 11.7. The van der Waals surface area contributed by atoms with Crippen LogP contribution in [0.2, 0.25) is 0 Å². The minimum atomic E-state index is -0.722. The van der Waals surface area contributed by atoms with Crippen molar-refractivity contribution in [2.45, 2.75) is 32.4 Å². The van der Waals surface area contributed by atoms with Gasteiger partial charge in [-0.05, 0) is 19.9 Å². The third-order valence-electron chi connectivity index (χ3n) is 3.97. The van der Waals surface area contributed by atoms with Gasteiger partial charge in [0.25, 0.3) is 0 Å². The molecular formula is C14H21N3O3S. The van der Waals surface area contributed by atoms with E-state index in [4.69, 9.17) is 5.11 Å². The van der Waals surface area contributed by atoms with Crippen molar-refractivity contribution in [3.8, 4) is 0 Å². The monoisotopic (exact) mass is 311 g/mol. The van der Waals surface area contributed by atoms with Crippen LogP contribution in [0.25, 0.3) is 0 Å². The van der Waals surface area contributed by atoms with Crippen molar-refractivity contribution in [2.75, 3.05) is 20.6 Å². The van der Waals surface area contributed by atoms with Crippen molar-refractivity contribution < 1.29 is 14.7 Å². The molecule has 1 aliphatic heterocycles. The number of carboxylic acid groups (broad SMARTS) is 1. The number of carboxylic acids is 1. The molecule has 6 nitrogen and oxygen atoms in total. The third kappa shape index (κ3) is 3.79. The minimum absolute atomic E-state index is 0.0241. The van der Waals surface area contributed by atoms with Gasteiger partial charge in [-0.15, -0.1) is 11.3 Å². The molecule has 2 rings (SSSR count). The molecule has 0 spiro atoms. The molecule has 1 aromatic rings. The number of rotatable bonds is 5. The summed E-state index contributed by atoms with van der Waals surface area (Å²) in [6.07, 6.45) is 1.01. The first-order valence-electron chi connectivity index (χ1n) is 6.98. The highest BCUT2D eigenvalue weighted by Crippen LogP contribution is 2.26. The van der Waals surface area contributed by atoms with Gasteiger partial charge in [-0.2, -0.15) is 0 Å². The van der Waals surface area contributed by atoms with E-state index >= 15 is 0 Å². The molecule has 1 fully saturated rings. The summed E-state index contributed by atoms with van der Waals surface area (Å²) in [5.74, 6) is -0.977. The first kappa shape index (κ1) is 15.9. The topological polar surface area (TPSA) is 73.7 Å². The van der Waals surface area contributed by atoms with E-state index in [9.17, 15) is 9.59 Å². The number of hydrogen-bond acceptors (Lipinski definition) is 5. The number of amides is 1. The number of carbonyl (C=O) groups excluding carboxylic acids is 1. The summed E-state index contributed by atoms with van der Waals surface area (Å²) in [6.45, 7) is 3.38. The van der Waals surface area contributed by atoms with Crippen LogP contribution in [0.5, 0.6) is 0 Å². The van der Waals surface area contributed by atoms with Crippen molar-refractivity contribution in [3.05, 3.63) is 16.1 Å². The Morgan fingerprint density at radius 1 is 1.52 bits per heavy atom. The highest BCUT2D eigenvalue weighted by molar-refractivity contribution is 7.09. The summed E-state index contributed by atoms with van der Waals surface area (Å²) in [5, 5.41) is 11.9. The Morgan fingerprint density at radius 2 is 2.24 bits per heavy atom. The zero-order valence-corrected chi connectivity index (χ0v) is 13.4. The fourth-order valence-electron chi connectivity index (χ4n) is 2.56. The molecule has 0 aromatic carbocycles. The first-order valence-corrected chi connectivity index (χ1v) is 7.86. The van der Waals surface area contributed by atoms with Gasteiger partial charge in [0.15, 0.2) is 0 Å². The van der Waals surface area contributed by atoms with Crippen molar-refractivity contribution >= 4 is 23.2 Å². The van der Waals surface area contributed by atoms with Crippen LogP contribution in [0.3, 0.4) is 0 Å². The van der Waals surface area contributed by atoms with Crippen molar-refractivity contribution in [1.29, 1.82) is 0 Å². The van der Waals surface area contributed by atoms with Gasteiger partial charge in [-0.3, -0.25) is 14.5 Å². The Hall–Kier alpha value is -1.47. The van der Waals surface area contributed by atoms with Gasteiger partial charge >= 0.3 is 5.97 Å². The molecule has 21 heavy (non-hydrogen) atoms. The highest BCUT2D eigenvalue weighted by Gasteiger charge is 2.35. The van der Waals surface area contributed by atoms with Crippen LogP contribution in [0.1, 0.15) is 24.0 Å². The largest absolute Gasteiger partial charge is 0.481 e. The van der Waals surface area contributed by atoms with Gasteiger partial charge in [0.2, 0.25) is 5.91 Å². The van der Waals surface area contributed by atoms with Gasteiger partial charge in [-0.1, -0.05) is 0 Å². The molecule has 1 N–H and O–H groups in total. The van der Waals surface area contributed by atoms with E-state index in [1.165, 1.54) is 11.3 Å². The number of likely N-dealkylation sites (tertiary alicyclic amines) is 1. The van der Waals surface area contributed by atoms with E-state index in [0.717, 1.165) is 17.2 Å². The summed E-state index contributed by atoms with van der Waals surface area (Å²) in [4.78, 5) is 31.0. The molecule has 7 heteroatoms. The predicted octanol–water partition coefficient (Wildman–Crippen LogP) is 1.07. The van der Waals surface area contributed by atoms with E-state index in [0.29, 0.717) is 19.4 Å². The Labute approximate surface area is 128 Å². The van der Waals surface area contributed by atoms with E-state index in [-0.39, 0.29) is 17.9 Å². The smallest absolute Gasteiger partial charge is 0.308 e. The lowest BCUT2D eigenvalue weighted by molar-refractivity contribution is -0.142. The number of hydrogen-bond donors (Lipinski definition) is 1. The maximum Gasteiger partial charge on any atom is 0.308 e. The second kappa shape index (κ2) is 6.53. The molecule has 0 aliphatic carbocycles.